The number of hydroxylamine groups is 2. The van der Waals surface area contributed by atoms with Crippen molar-refractivity contribution < 1.29 is 14.4 Å². The van der Waals surface area contributed by atoms with Gasteiger partial charge in [-0.3, -0.25) is 9.63 Å². The zero-order valence-corrected chi connectivity index (χ0v) is 15.5. The summed E-state index contributed by atoms with van der Waals surface area (Å²) in [5.74, 6) is 0.534. The molecule has 4 atom stereocenters. The zero-order valence-electron chi connectivity index (χ0n) is 14.0. The van der Waals surface area contributed by atoms with Crippen molar-refractivity contribution in [1.29, 1.82) is 0 Å². The van der Waals surface area contributed by atoms with E-state index >= 15 is 0 Å². The maximum Gasteiger partial charge on any atom is 0.345 e. The lowest BCUT2D eigenvalue weighted by Gasteiger charge is -2.41. The molecule has 2 aliphatic heterocycles. The van der Waals surface area contributed by atoms with E-state index in [1.807, 2.05) is 0 Å². The summed E-state index contributed by atoms with van der Waals surface area (Å²) in [4.78, 5) is 33.0. The van der Waals surface area contributed by atoms with Gasteiger partial charge in [0.1, 0.15) is 6.04 Å². The zero-order chi connectivity index (χ0) is 17.1. The fourth-order valence-electron chi connectivity index (χ4n) is 4.52. The fraction of sp³-hybridized carbons (Fsp3) is 0.765. The number of carbonyl (C=O) groups is 2. The highest BCUT2D eigenvalue weighted by Crippen LogP contribution is 2.44. The number of piperidine rings is 1. The second-order valence-electron chi connectivity index (χ2n) is 6.80. The molecule has 2 heterocycles. The molecular weight excluding hydrogens is 374 g/mol. The first-order valence-electron chi connectivity index (χ1n) is 8.86. The van der Waals surface area contributed by atoms with Crippen LogP contribution >= 0.6 is 15.9 Å². The summed E-state index contributed by atoms with van der Waals surface area (Å²) >= 11 is 3.34. The van der Waals surface area contributed by atoms with Gasteiger partial charge in [0.2, 0.25) is 5.91 Å². The Balaban J connectivity index is 1.87. The third kappa shape index (κ3) is 3.20. The van der Waals surface area contributed by atoms with E-state index in [1.54, 1.807) is 11.0 Å². The number of amides is 3. The van der Waals surface area contributed by atoms with Gasteiger partial charge < -0.3 is 10.2 Å². The molecule has 0 aromatic carbocycles. The standard InChI is InChI=1S/C17H26BrN3O3/c1-2-10-24-21-14-11-20(17(21)23)15(16(22)19-9-8-18)13-7-5-3-4-6-12(13)14/h2,12-15H,1,3-11H2,(H,19,22)/t12?,13?,14?,15-/m0/s1. The third-order valence-electron chi connectivity index (χ3n) is 5.47. The van der Waals surface area contributed by atoms with Gasteiger partial charge in [-0.15, -0.1) is 6.58 Å². The molecular formula is C17H26BrN3O3. The largest absolute Gasteiger partial charge is 0.353 e. The molecule has 7 heteroatoms. The lowest BCUT2D eigenvalue weighted by atomic mass is 9.74. The van der Waals surface area contributed by atoms with Crippen LogP contribution in [-0.2, 0) is 9.63 Å². The van der Waals surface area contributed by atoms with E-state index in [9.17, 15) is 9.59 Å². The highest BCUT2D eigenvalue weighted by molar-refractivity contribution is 9.09. The van der Waals surface area contributed by atoms with Crippen molar-refractivity contribution in [1.82, 2.24) is 15.3 Å². The van der Waals surface area contributed by atoms with E-state index in [4.69, 9.17) is 4.84 Å². The molecule has 0 aromatic heterocycles. The number of nitrogens with zero attached hydrogens (tertiary/aromatic N) is 2. The van der Waals surface area contributed by atoms with Crippen molar-refractivity contribution in [3.05, 3.63) is 12.7 Å². The van der Waals surface area contributed by atoms with Gasteiger partial charge >= 0.3 is 6.03 Å². The number of rotatable bonds is 6. The summed E-state index contributed by atoms with van der Waals surface area (Å²) < 4.78 is 0. The van der Waals surface area contributed by atoms with Crippen LogP contribution in [0.4, 0.5) is 4.79 Å². The van der Waals surface area contributed by atoms with Crippen LogP contribution in [0.2, 0.25) is 0 Å². The number of halogens is 1. The number of carbonyl (C=O) groups excluding carboxylic acids is 2. The molecule has 2 saturated heterocycles. The highest BCUT2D eigenvalue weighted by Gasteiger charge is 2.56. The Morgan fingerprint density at radius 1 is 1.33 bits per heavy atom. The van der Waals surface area contributed by atoms with Crippen LogP contribution in [0.1, 0.15) is 32.1 Å². The van der Waals surface area contributed by atoms with Gasteiger partial charge in [-0.25, -0.2) is 4.79 Å². The number of urea groups is 1. The summed E-state index contributed by atoms with van der Waals surface area (Å²) in [7, 11) is 0. The summed E-state index contributed by atoms with van der Waals surface area (Å²) in [5.41, 5.74) is 0. The fourth-order valence-corrected chi connectivity index (χ4v) is 4.72. The van der Waals surface area contributed by atoms with Crippen molar-refractivity contribution in [3.8, 4) is 0 Å². The average molecular weight is 400 g/mol. The minimum Gasteiger partial charge on any atom is -0.353 e. The molecule has 6 nitrogen and oxygen atoms in total. The summed E-state index contributed by atoms with van der Waals surface area (Å²) in [6.45, 7) is 5.14. The molecule has 0 radical (unpaired) electrons. The van der Waals surface area contributed by atoms with E-state index in [1.165, 1.54) is 11.5 Å². The van der Waals surface area contributed by atoms with Crippen LogP contribution < -0.4 is 5.32 Å². The van der Waals surface area contributed by atoms with Crippen molar-refractivity contribution >= 4 is 27.9 Å². The Bertz CT molecular complexity index is 501. The molecule has 2 bridgehead atoms. The second-order valence-corrected chi connectivity index (χ2v) is 7.60. The predicted molar refractivity (Wildman–Crippen MR) is 94.5 cm³/mol. The monoisotopic (exact) mass is 399 g/mol. The summed E-state index contributed by atoms with van der Waals surface area (Å²) in [6.07, 6.45) is 7.22. The summed E-state index contributed by atoms with van der Waals surface area (Å²) in [5, 5.41) is 5.19. The minimum absolute atomic E-state index is 0.0243. The Labute approximate surface area is 151 Å². The van der Waals surface area contributed by atoms with Crippen LogP contribution in [0.3, 0.4) is 0 Å². The summed E-state index contributed by atoms with van der Waals surface area (Å²) in [6, 6.07) is -0.483. The van der Waals surface area contributed by atoms with Gasteiger partial charge in [0.15, 0.2) is 0 Å². The van der Waals surface area contributed by atoms with Gasteiger partial charge in [-0.1, -0.05) is 41.3 Å². The first-order chi connectivity index (χ1) is 11.7. The second kappa shape index (κ2) is 7.87. The number of fused-ring (bicyclic) bond motifs is 4. The molecule has 3 unspecified atom stereocenters. The normalized spacial score (nSPS) is 32.3. The lowest BCUT2D eigenvalue weighted by molar-refractivity contribution is -0.138. The lowest BCUT2D eigenvalue weighted by Crippen LogP contribution is -2.57. The molecule has 24 heavy (non-hydrogen) atoms. The Kier molecular flexibility index (Phi) is 5.81. The molecule has 3 rings (SSSR count). The topological polar surface area (TPSA) is 61.9 Å². The van der Waals surface area contributed by atoms with Gasteiger partial charge in [-0.05, 0) is 24.7 Å². The van der Waals surface area contributed by atoms with Crippen molar-refractivity contribution in [2.45, 2.75) is 44.2 Å². The molecule has 3 amide bonds. The van der Waals surface area contributed by atoms with E-state index < -0.39 is 0 Å². The number of hydrogen-bond donors (Lipinski definition) is 1. The van der Waals surface area contributed by atoms with Crippen LogP contribution in [0, 0.1) is 11.8 Å². The quantitative estimate of drug-likeness (QED) is 0.550. The van der Waals surface area contributed by atoms with Gasteiger partial charge in [-0.2, -0.15) is 5.06 Å². The van der Waals surface area contributed by atoms with Crippen LogP contribution in [-0.4, -0.2) is 59.0 Å². The molecule has 1 saturated carbocycles. The molecule has 0 spiro atoms. The smallest absolute Gasteiger partial charge is 0.345 e. The SMILES string of the molecule is C=CCON1C(=O)N2CC1C1CCCCCC1[C@H]2C(=O)NCCBr. The van der Waals surface area contributed by atoms with Crippen LogP contribution in [0.5, 0.6) is 0 Å². The van der Waals surface area contributed by atoms with Crippen molar-refractivity contribution in [3.63, 3.8) is 0 Å². The molecule has 3 fully saturated rings. The predicted octanol–water partition coefficient (Wildman–Crippen LogP) is 2.30. The third-order valence-corrected chi connectivity index (χ3v) is 5.87. The first kappa shape index (κ1) is 17.7. The van der Waals surface area contributed by atoms with E-state index in [-0.39, 0.29) is 29.9 Å². The maximum atomic E-state index is 12.8. The van der Waals surface area contributed by atoms with Crippen LogP contribution in [0.15, 0.2) is 12.7 Å². The molecule has 0 aromatic rings. The molecule has 1 aliphatic carbocycles. The number of hydrogen-bond acceptors (Lipinski definition) is 3. The molecule has 134 valence electrons. The minimum atomic E-state index is -0.367. The Morgan fingerprint density at radius 2 is 2.08 bits per heavy atom. The molecule has 3 aliphatic rings. The number of nitrogens with one attached hydrogen (secondary N) is 1. The average Bonchev–Trinajstić information content (AvgIpc) is 2.75. The highest BCUT2D eigenvalue weighted by atomic mass is 79.9. The number of alkyl halides is 1. The van der Waals surface area contributed by atoms with E-state index in [2.05, 4.69) is 27.8 Å². The van der Waals surface area contributed by atoms with E-state index in [0.717, 1.165) is 25.7 Å². The Morgan fingerprint density at radius 3 is 2.79 bits per heavy atom. The van der Waals surface area contributed by atoms with Crippen LogP contribution in [0.25, 0.3) is 0 Å². The van der Waals surface area contributed by atoms with Crippen molar-refractivity contribution in [2.24, 2.45) is 11.8 Å². The Hall–Kier alpha value is -1.08. The van der Waals surface area contributed by atoms with Gasteiger partial charge in [0, 0.05) is 18.4 Å². The molecule has 1 N–H and O–H groups in total. The van der Waals surface area contributed by atoms with E-state index in [0.29, 0.717) is 30.9 Å². The van der Waals surface area contributed by atoms with Crippen molar-refractivity contribution in [2.75, 3.05) is 25.0 Å². The van der Waals surface area contributed by atoms with Gasteiger partial charge in [0.05, 0.1) is 12.6 Å². The first-order valence-corrected chi connectivity index (χ1v) is 9.98. The maximum absolute atomic E-state index is 12.8. The van der Waals surface area contributed by atoms with Gasteiger partial charge in [0.25, 0.3) is 0 Å².